The molecule has 1 heterocycles. The molecule has 0 fully saturated rings. The molecule has 5 heteroatoms. The van der Waals surface area contributed by atoms with Gasteiger partial charge in [0.15, 0.2) is 0 Å². The summed E-state index contributed by atoms with van der Waals surface area (Å²) in [6.07, 6.45) is 4.15. The average molecular weight is 278 g/mol. The number of hydrogen-bond donors (Lipinski definition) is 1. The molecule has 0 aromatic carbocycles. The van der Waals surface area contributed by atoms with Crippen LogP contribution in [0.2, 0.25) is 0 Å². The highest BCUT2D eigenvalue weighted by atomic mass is 16.4. The summed E-state index contributed by atoms with van der Waals surface area (Å²) in [5, 5.41) is 13.1. The highest BCUT2D eigenvalue weighted by Gasteiger charge is 2.18. The third kappa shape index (κ3) is 4.33. The standard InChI is InChI=1S/C15H22N2O3/c1-5-6-9-17-14(20)11(7-8-13(18)19)10-12(16-17)15(2,3)4/h7-8,10H,5-6,9H2,1-4H3,(H,18,19)/b8-7+. The molecule has 0 amide bonds. The fraction of sp³-hybridized carbons (Fsp3) is 0.533. The molecule has 0 saturated heterocycles. The van der Waals surface area contributed by atoms with Crippen molar-refractivity contribution in [2.45, 2.75) is 52.5 Å². The first-order chi connectivity index (χ1) is 9.25. The minimum Gasteiger partial charge on any atom is -0.478 e. The van der Waals surface area contributed by atoms with E-state index in [2.05, 4.69) is 5.10 Å². The van der Waals surface area contributed by atoms with Crippen molar-refractivity contribution >= 4 is 12.0 Å². The fourth-order valence-electron chi connectivity index (χ4n) is 1.67. The van der Waals surface area contributed by atoms with Gasteiger partial charge >= 0.3 is 5.97 Å². The zero-order valence-electron chi connectivity index (χ0n) is 12.5. The van der Waals surface area contributed by atoms with Crippen molar-refractivity contribution in [2.24, 2.45) is 0 Å². The molecule has 0 aliphatic rings. The number of aryl methyl sites for hydroxylation is 1. The van der Waals surface area contributed by atoms with Crippen LogP contribution in [0.4, 0.5) is 0 Å². The molecule has 0 saturated carbocycles. The second-order valence-corrected chi connectivity index (χ2v) is 5.79. The molecular formula is C15H22N2O3. The van der Waals surface area contributed by atoms with Crippen LogP contribution in [0.3, 0.4) is 0 Å². The lowest BCUT2D eigenvalue weighted by Crippen LogP contribution is -2.29. The van der Waals surface area contributed by atoms with Crippen LogP contribution < -0.4 is 5.56 Å². The highest BCUT2D eigenvalue weighted by molar-refractivity contribution is 5.85. The van der Waals surface area contributed by atoms with Gasteiger partial charge in [-0.3, -0.25) is 4.79 Å². The van der Waals surface area contributed by atoms with E-state index in [0.717, 1.165) is 24.6 Å². The molecule has 0 radical (unpaired) electrons. The van der Waals surface area contributed by atoms with Crippen molar-refractivity contribution in [3.63, 3.8) is 0 Å². The fourth-order valence-corrected chi connectivity index (χ4v) is 1.67. The maximum Gasteiger partial charge on any atom is 0.328 e. The number of carboxylic acids is 1. The number of unbranched alkanes of at least 4 members (excludes halogenated alkanes) is 1. The number of hydrogen-bond acceptors (Lipinski definition) is 3. The van der Waals surface area contributed by atoms with E-state index in [9.17, 15) is 9.59 Å². The van der Waals surface area contributed by atoms with E-state index in [1.54, 1.807) is 6.07 Å². The molecule has 0 unspecified atom stereocenters. The normalized spacial score (nSPS) is 12.0. The van der Waals surface area contributed by atoms with E-state index in [1.165, 1.54) is 10.8 Å². The van der Waals surface area contributed by atoms with Gasteiger partial charge < -0.3 is 5.11 Å². The maximum atomic E-state index is 12.2. The first kappa shape index (κ1) is 16.1. The maximum absolute atomic E-state index is 12.2. The number of carbonyl (C=O) groups is 1. The molecule has 0 bridgehead atoms. The second-order valence-electron chi connectivity index (χ2n) is 5.79. The SMILES string of the molecule is CCCCn1nc(C(C)(C)C)cc(/C=C/C(=O)O)c1=O. The number of aromatic nitrogens is 2. The Balaban J connectivity index is 3.34. The Morgan fingerprint density at radius 2 is 2.10 bits per heavy atom. The van der Waals surface area contributed by atoms with Crippen LogP contribution >= 0.6 is 0 Å². The monoisotopic (exact) mass is 278 g/mol. The molecule has 0 atom stereocenters. The van der Waals surface area contributed by atoms with E-state index in [0.29, 0.717) is 12.1 Å². The van der Waals surface area contributed by atoms with Gasteiger partial charge in [-0.15, -0.1) is 0 Å². The summed E-state index contributed by atoms with van der Waals surface area (Å²) in [7, 11) is 0. The van der Waals surface area contributed by atoms with Gasteiger partial charge in [0.25, 0.3) is 5.56 Å². The Labute approximate surface area is 118 Å². The highest BCUT2D eigenvalue weighted by Crippen LogP contribution is 2.19. The summed E-state index contributed by atoms with van der Waals surface area (Å²) in [5.74, 6) is -1.07. The zero-order chi connectivity index (χ0) is 15.3. The lowest BCUT2D eigenvalue weighted by molar-refractivity contribution is -0.131. The Kier molecular flexibility index (Phi) is 5.25. The minimum atomic E-state index is -1.07. The topological polar surface area (TPSA) is 72.2 Å². The van der Waals surface area contributed by atoms with E-state index in [1.807, 2.05) is 27.7 Å². The summed E-state index contributed by atoms with van der Waals surface area (Å²) in [5.41, 5.74) is 0.693. The summed E-state index contributed by atoms with van der Waals surface area (Å²) < 4.78 is 1.44. The lowest BCUT2D eigenvalue weighted by atomic mass is 9.91. The number of nitrogens with zero attached hydrogens (tertiary/aromatic N) is 2. The van der Waals surface area contributed by atoms with E-state index >= 15 is 0 Å². The summed E-state index contributed by atoms with van der Waals surface area (Å²) in [6, 6.07) is 1.67. The molecule has 5 nitrogen and oxygen atoms in total. The van der Waals surface area contributed by atoms with Crippen molar-refractivity contribution in [2.75, 3.05) is 0 Å². The van der Waals surface area contributed by atoms with Crippen LogP contribution in [0.1, 0.15) is 51.8 Å². The van der Waals surface area contributed by atoms with Crippen molar-refractivity contribution in [1.82, 2.24) is 9.78 Å². The van der Waals surface area contributed by atoms with E-state index in [4.69, 9.17) is 5.11 Å². The smallest absolute Gasteiger partial charge is 0.328 e. The summed E-state index contributed by atoms with van der Waals surface area (Å²) in [4.78, 5) is 22.8. The summed E-state index contributed by atoms with van der Waals surface area (Å²) >= 11 is 0. The quantitative estimate of drug-likeness (QED) is 0.840. The molecule has 0 aliphatic heterocycles. The van der Waals surface area contributed by atoms with Crippen LogP contribution in [0.25, 0.3) is 6.08 Å². The van der Waals surface area contributed by atoms with Crippen LogP contribution in [-0.2, 0) is 16.8 Å². The van der Waals surface area contributed by atoms with Crippen LogP contribution in [0, 0.1) is 0 Å². The lowest BCUT2D eigenvalue weighted by Gasteiger charge is -2.19. The van der Waals surface area contributed by atoms with Crippen LogP contribution in [-0.4, -0.2) is 20.9 Å². The first-order valence-electron chi connectivity index (χ1n) is 6.79. The zero-order valence-corrected chi connectivity index (χ0v) is 12.5. The molecule has 1 rings (SSSR count). The third-order valence-electron chi connectivity index (χ3n) is 2.90. The Morgan fingerprint density at radius 3 is 2.60 bits per heavy atom. The van der Waals surface area contributed by atoms with E-state index in [-0.39, 0.29) is 11.0 Å². The predicted octanol–water partition coefficient (Wildman–Crippen LogP) is 2.44. The Bertz CT molecular complexity index is 565. The average Bonchev–Trinajstić information content (AvgIpc) is 2.34. The summed E-state index contributed by atoms with van der Waals surface area (Å²) in [6.45, 7) is 8.62. The molecule has 20 heavy (non-hydrogen) atoms. The van der Waals surface area contributed by atoms with E-state index < -0.39 is 5.97 Å². The van der Waals surface area contributed by atoms with Crippen molar-refractivity contribution < 1.29 is 9.90 Å². The second kappa shape index (κ2) is 6.50. The number of carboxylic acid groups (broad SMARTS) is 1. The van der Waals surface area contributed by atoms with Gasteiger partial charge in [0.05, 0.1) is 5.69 Å². The largest absolute Gasteiger partial charge is 0.478 e. The van der Waals surface area contributed by atoms with Gasteiger partial charge in [-0.05, 0) is 18.6 Å². The van der Waals surface area contributed by atoms with Crippen LogP contribution in [0.5, 0.6) is 0 Å². The molecule has 0 spiro atoms. The molecule has 1 aromatic rings. The third-order valence-corrected chi connectivity index (χ3v) is 2.90. The number of aliphatic carboxylic acids is 1. The van der Waals surface area contributed by atoms with Gasteiger partial charge in [-0.25, -0.2) is 9.48 Å². The molecule has 110 valence electrons. The van der Waals surface area contributed by atoms with Crippen molar-refractivity contribution in [3.8, 4) is 0 Å². The van der Waals surface area contributed by atoms with Gasteiger partial charge in [0, 0.05) is 23.6 Å². The Hall–Kier alpha value is -1.91. The van der Waals surface area contributed by atoms with Crippen molar-refractivity contribution in [3.05, 3.63) is 33.8 Å². The van der Waals surface area contributed by atoms with Crippen molar-refractivity contribution in [1.29, 1.82) is 0 Å². The predicted molar refractivity (Wildman–Crippen MR) is 78.8 cm³/mol. The van der Waals surface area contributed by atoms with Gasteiger partial charge in [0.1, 0.15) is 0 Å². The molecule has 0 aliphatic carbocycles. The minimum absolute atomic E-state index is 0.201. The van der Waals surface area contributed by atoms with Crippen LogP contribution in [0.15, 0.2) is 16.9 Å². The van der Waals surface area contributed by atoms with Gasteiger partial charge in [0.2, 0.25) is 0 Å². The molecule has 1 aromatic heterocycles. The first-order valence-corrected chi connectivity index (χ1v) is 6.79. The van der Waals surface area contributed by atoms with Gasteiger partial charge in [-0.2, -0.15) is 5.10 Å². The number of rotatable bonds is 5. The molecule has 1 N–H and O–H groups in total. The molecular weight excluding hydrogens is 256 g/mol. The Morgan fingerprint density at radius 1 is 1.45 bits per heavy atom. The van der Waals surface area contributed by atoms with Gasteiger partial charge in [-0.1, -0.05) is 34.1 Å².